The normalized spacial score (nSPS) is 10.0. The number of rotatable bonds is 11. The first-order chi connectivity index (χ1) is 14.7. The average Bonchev–Trinajstić information content (AvgIpc) is 2.70. The number of nitrogens with zero attached hydrogens (tertiary/aromatic N) is 2. The minimum atomic E-state index is -1.29. The van der Waals surface area contributed by atoms with Crippen molar-refractivity contribution < 1.29 is 19.5 Å². The van der Waals surface area contributed by atoms with Crippen molar-refractivity contribution in [3.05, 3.63) is 72.5 Å². The SMILES string of the molecule is C=CCN(CC=C)C(=O)c1c(I)c(NC(=O)O)c(I)c(C(=O)N(CC=C)CC=C)c1I. The third-order valence-electron chi connectivity index (χ3n) is 3.95. The van der Waals surface area contributed by atoms with Gasteiger partial charge in [0.1, 0.15) is 0 Å². The summed E-state index contributed by atoms with van der Waals surface area (Å²) in [6, 6.07) is 0. The van der Waals surface area contributed by atoms with Crippen LogP contribution in [0, 0.1) is 10.7 Å². The molecule has 0 bridgehead atoms. The van der Waals surface area contributed by atoms with Crippen molar-refractivity contribution in [3.8, 4) is 0 Å². The molecule has 0 fully saturated rings. The van der Waals surface area contributed by atoms with Crippen LogP contribution in [0.5, 0.6) is 0 Å². The van der Waals surface area contributed by atoms with Gasteiger partial charge in [-0.2, -0.15) is 0 Å². The number of carbonyl (C=O) groups is 3. The van der Waals surface area contributed by atoms with Crippen LogP contribution in [0.25, 0.3) is 0 Å². The highest BCUT2D eigenvalue weighted by Crippen LogP contribution is 2.37. The fraction of sp³-hybridized carbons (Fsp3) is 0.190. The van der Waals surface area contributed by atoms with Crippen LogP contribution >= 0.6 is 67.8 Å². The predicted octanol–water partition coefficient (Wildman–Crippen LogP) is 5.22. The standard InChI is InChI=1S/C21H22I3N3O4/c1-5-9-26(10-6-2)19(28)13-15(22)14(20(29)27(11-7-3)12-8-4)17(24)18(16(13)23)25-21(30)31/h5-8,25H,1-4,9-12H2,(H,30,31). The van der Waals surface area contributed by atoms with Gasteiger partial charge in [0.2, 0.25) is 0 Å². The van der Waals surface area contributed by atoms with Crippen molar-refractivity contribution in [1.82, 2.24) is 9.80 Å². The maximum Gasteiger partial charge on any atom is 0.409 e. The zero-order chi connectivity index (χ0) is 23.7. The van der Waals surface area contributed by atoms with Crippen LogP contribution in [-0.4, -0.2) is 59.0 Å². The van der Waals surface area contributed by atoms with E-state index in [0.717, 1.165) is 0 Å². The van der Waals surface area contributed by atoms with Gasteiger partial charge in [-0.3, -0.25) is 14.9 Å². The number of nitrogens with one attached hydrogen (secondary N) is 1. The van der Waals surface area contributed by atoms with Crippen molar-refractivity contribution in [2.45, 2.75) is 0 Å². The topological polar surface area (TPSA) is 90.0 Å². The molecule has 0 unspecified atom stereocenters. The lowest BCUT2D eigenvalue weighted by Gasteiger charge is -2.26. The highest BCUT2D eigenvalue weighted by molar-refractivity contribution is 14.1. The van der Waals surface area contributed by atoms with E-state index in [-0.39, 0.29) is 54.8 Å². The van der Waals surface area contributed by atoms with E-state index in [0.29, 0.717) is 10.7 Å². The van der Waals surface area contributed by atoms with Crippen LogP contribution < -0.4 is 5.32 Å². The third kappa shape index (κ3) is 6.78. The van der Waals surface area contributed by atoms with Crippen LogP contribution in [0.15, 0.2) is 50.6 Å². The first-order valence-corrected chi connectivity index (χ1v) is 12.1. The summed E-state index contributed by atoms with van der Waals surface area (Å²) in [4.78, 5) is 41.3. The Hall–Kier alpha value is -1.42. The molecule has 0 aliphatic carbocycles. The number of hydrogen-bond acceptors (Lipinski definition) is 3. The molecule has 10 heteroatoms. The van der Waals surface area contributed by atoms with Gasteiger partial charge < -0.3 is 14.9 Å². The third-order valence-corrected chi connectivity index (χ3v) is 7.19. The molecule has 0 radical (unpaired) electrons. The van der Waals surface area contributed by atoms with Gasteiger partial charge in [-0.1, -0.05) is 24.3 Å². The molecule has 0 heterocycles. The Bertz CT molecular complexity index is 848. The molecule has 1 aromatic rings. The minimum absolute atomic E-state index is 0.190. The number of hydrogen-bond donors (Lipinski definition) is 2. The first kappa shape index (κ1) is 27.6. The molecule has 1 aromatic carbocycles. The lowest BCUT2D eigenvalue weighted by atomic mass is 10.1. The van der Waals surface area contributed by atoms with E-state index in [1.165, 1.54) is 9.80 Å². The molecule has 2 N–H and O–H groups in total. The molecule has 166 valence electrons. The van der Waals surface area contributed by atoms with E-state index in [1.807, 2.05) is 67.8 Å². The number of benzene rings is 1. The summed E-state index contributed by atoms with van der Waals surface area (Å²) in [5.74, 6) is -0.710. The largest absolute Gasteiger partial charge is 0.465 e. The maximum atomic E-state index is 13.4. The Kier molecular flexibility index (Phi) is 11.8. The molecule has 0 saturated carbocycles. The Morgan fingerprint density at radius 1 is 0.742 bits per heavy atom. The quantitative estimate of drug-likeness (QED) is 0.240. The smallest absolute Gasteiger partial charge is 0.409 e. The van der Waals surface area contributed by atoms with Crippen molar-refractivity contribution in [1.29, 1.82) is 0 Å². The molecular formula is C21H22I3N3O4. The van der Waals surface area contributed by atoms with Crippen molar-refractivity contribution in [2.24, 2.45) is 0 Å². The molecule has 7 nitrogen and oxygen atoms in total. The van der Waals surface area contributed by atoms with E-state index in [9.17, 15) is 19.5 Å². The van der Waals surface area contributed by atoms with Gasteiger partial charge in [0.15, 0.2) is 0 Å². The predicted molar refractivity (Wildman–Crippen MR) is 149 cm³/mol. The van der Waals surface area contributed by atoms with Crippen LogP contribution in [0.3, 0.4) is 0 Å². The molecule has 3 amide bonds. The zero-order valence-corrected chi connectivity index (χ0v) is 23.1. The van der Waals surface area contributed by atoms with E-state index in [4.69, 9.17) is 0 Å². The number of carboxylic acid groups (broad SMARTS) is 1. The fourth-order valence-electron chi connectivity index (χ4n) is 2.68. The van der Waals surface area contributed by atoms with E-state index < -0.39 is 6.09 Å². The monoisotopic (exact) mass is 761 g/mol. The van der Waals surface area contributed by atoms with Crippen LogP contribution in [0.4, 0.5) is 10.5 Å². The van der Waals surface area contributed by atoms with Gasteiger partial charge in [0, 0.05) is 29.7 Å². The number of anilines is 1. The summed E-state index contributed by atoms with van der Waals surface area (Å²) in [7, 11) is 0. The Balaban J connectivity index is 3.86. The van der Waals surface area contributed by atoms with Gasteiger partial charge in [0.25, 0.3) is 11.8 Å². The first-order valence-electron chi connectivity index (χ1n) is 8.88. The van der Waals surface area contributed by atoms with Crippen LogP contribution in [0.2, 0.25) is 0 Å². The van der Waals surface area contributed by atoms with Gasteiger partial charge in [0.05, 0.1) is 24.0 Å². The van der Waals surface area contributed by atoms with Gasteiger partial charge in [-0.15, -0.1) is 26.3 Å². The van der Waals surface area contributed by atoms with Crippen molar-refractivity contribution in [3.63, 3.8) is 0 Å². The Labute approximate surface area is 222 Å². The summed E-state index contributed by atoms with van der Waals surface area (Å²) in [6.07, 6.45) is 5.06. The molecule has 0 spiro atoms. The van der Waals surface area contributed by atoms with E-state index in [1.54, 1.807) is 24.3 Å². The molecule has 0 saturated heterocycles. The lowest BCUT2D eigenvalue weighted by molar-refractivity contribution is 0.0786. The second-order valence-corrected chi connectivity index (χ2v) is 9.31. The van der Waals surface area contributed by atoms with Gasteiger partial charge in [-0.05, 0) is 67.8 Å². The summed E-state index contributed by atoms with van der Waals surface area (Å²) < 4.78 is 1.26. The minimum Gasteiger partial charge on any atom is -0.465 e. The number of amides is 3. The molecule has 31 heavy (non-hydrogen) atoms. The summed E-state index contributed by atoms with van der Waals surface area (Å²) >= 11 is 5.83. The average molecular weight is 761 g/mol. The number of halogens is 3. The summed E-state index contributed by atoms with van der Waals surface area (Å²) in [5, 5.41) is 11.7. The molecule has 0 aromatic heterocycles. The highest BCUT2D eigenvalue weighted by Gasteiger charge is 2.31. The van der Waals surface area contributed by atoms with Crippen LogP contribution in [-0.2, 0) is 0 Å². The maximum absolute atomic E-state index is 13.4. The molecule has 0 aliphatic rings. The Morgan fingerprint density at radius 3 is 1.32 bits per heavy atom. The second kappa shape index (κ2) is 13.2. The lowest BCUT2D eigenvalue weighted by Crippen LogP contribution is -2.36. The van der Waals surface area contributed by atoms with Crippen molar-refractivity contribution in [2.75, 3.05) is 31.5 Å². The summed E-state index contributed by atoms with van der Waals surface area (Å²) in [5.41, 5.74) is 0.680. The van der Waals surface area contributed by atoms with Gasteiger partial charge in [-0.25, -0.2) is 4.79 Å². The van der Waals surface area contributed by atoms with Gasteiger partial charge >= 0.3 is 6.09 Å². The molecule has 0 aliphatic heterocycles. The number of carbonyl (C=O) groups excluding carboxylic acids is 2. The fourth-order valence-corrected chi connectivity index (χ4v) is 7.04. The molecule has 0 atom stereocenters. The second-order valence-electron chi connectivity index (χ2n) is 6.07. The summed E-state index contributed by atoms with van der Waals surface area (Å²) in [6.45, 7) is 15.8. The highest BCUT2D eigenvalue weighted by atomic mass is 127. The van der Waals surface area contributed by atoms with E-state index in [2.05, 4.69) is 31.6 Å². The molecular weight excluding hydrogens is 739 g/mol. The van der Waals surface area contributed by atoms with Crippen molar-refractivity contribution >= 4 is 91.4 Å². The Morgan fingerprint density at radius 2 is 1.06 bits per heavy atom. The van der Waals surface area contributed by atoms with Crippen LogP contribution in [0.1, 0.15) is 20.7 Å². The molecule has 1 rings (SSSR count). The zero-order valence-electron chi connectivity index (χ0n) is 16.7. The van der Waals surface area contributed by atoms with E-state index >= 15 is 0 Å².